The minimum Gasteiger partial charge on any atom is -0.461 e. The Labute approximate surface area is 177 Å². The first kappa shape index (κ1) is 28.5. The summed E-state index contributed by atoms with van der Waals surface area (Å²) in [6.45, 7) is 18.5. The second-order valence-electron chi connectivity index (χ2n) is 5.56. The molecule has 0 heterocycles. The third-order valence-electron chi connectivity index (χ3n) is 2.63. The fraction of sp³-hybridized carbons (Fsp3) is 0.550. The van der Waals surface area contributed by atoms with Crippen LogP contribution in [-0.2, 0) is 28.6 Å². The number of esters is 3. The number of hydrogen-bond donors (Lipinski definition) is 0. The van der Waals surface area contributed by atoms with Crippen molar-refractivity contribution in [3.63, 3.8) is 0 Å². The third-order valence-corrected chi connectivity index (χ3v) is 4.41. The first-order chi connectivity index (χ1) is 13.1. The van der Waals surface area contributed by atoms with E-state index in [0.29, 0.717) is 48.0 Å². The van der Waals surface area contributed by atoms with Crippen molar-refractivity contribution in [1.29, 1.82) is 0 Å². The highest BCUT2D eigenvalue weighted by atomic mass is 32.2. The van der Waals surface area contributed by atoms with Gasteiger partial charge in [0.25, 0.3) is 0 Å². The average molecular weight is 433 g/mol. The predicted molar refractivity (Wildman–Crippen MR) is 118 cm³/mol. The molecule has 0 saturated carbocycles. The van der Waals surface area contributed by atoms with Crippen LogP contribution in [-0.4, -0.2) is 60.7 Å². The van der Waals surface area contributed by atoms with Crippen molar-refractivity contribution < 1.29 is 28.6 Å². The van der Waals surface area contributed by atoms with Crippen LogP contribution in [0.1, 0.15) is 27.7 Å². The van der Waals surface area contributed by atoms with Crippen molar-refractivity contribution in [2.75, 3.05) is 42.8 Å². The van der Waals surface area contributed by atoms with Crippen molar-refractivity contribution >= 4 is 41.4 Å². The lowest BCUT2D eigenvalue weighted by molar-refractivity contribution is -0.139. The normalized spacial score (nSPS) is 9.43. The van der Waals surface area contributed by atoms with E-state index in [4.69, 9.17) is 14.2 Å². The van der Waals surface area contributed by atoms with Gasteiger partial charge in [-0.1, -0.05) is 26.7 Å². The molecule has 0 aliphatic heterocycles. The molecular weight excluding hydrogens is 400 g/mol. The highest BCUT2D eigenvalue weighted by Crippen LogP contribution is 2.02. The predicted octanol–water partition coefficient (Wildman–Crippen LogP) is 3.82. The first-order valence-corrected chi connectivity index (χ1v) is 11.1. The molecule has 6 nitrogen and oxygen atoms in total. The number of hydrogen-bond acceptors (Lipinski definition) is 8. The Balaban J connectivity index is 0. The van der Waals surface area contributed by atoms with E-state index < -0.39 is 0 Å². The Hall–Kier alpha value is -1.67. The summed E-state index contributed by atoms with van der Waals surface area (Å²) >= 11 is 3.30. The minimum absolute atomic E-state index is 0.290. The van der Waals surface area contributed by atoms with E-state index in [-0.39, 0.29) is 17.9 Å². The van der Waals surface area contributed by atoms with Gasteiger partial charge >= 0.3 is 17.9 Å². The number of thioether (sulfide) groups is 2. The maximum absolute atomic E-state index is 11.0. The summed E-state index contributed by atoms with van der Waals surface area (Å²) in [5.41, 5.74) is 1.25. The summed E-state index contributed by atoms with van der Waals surface area (Å²) in [5, 5.41) is 0. The highest BCUT2D eigenvalue weighted by Gasteiger charge is 2.04. The van der Waals surface area contributed by atoms with E-state index in [9.17, 15) is 14.4 Å². The van der Waals surface area contributed by atoms with Gasteiger partial charge in [0.05, 0.1) is 0 Å². The molecule has 0 unspecified atom stereocenters. The Kier molecular flexibility index (Phi) is 19.0. The summed E-state index contributed by atoms with van der Waals surface area (Å²) in [6.07, 6.45) is 0. The van der Waals surface area contributed by atoms with E-state index >= 15 is 0 Å². The van der Waals surface area contributed by atoms with Gasteiger partial charge < -0.3 is 14.2 Å². The number of rotatable bonds is 13. The van der Waals surface area contributed by atoms with Gasteiger partial charge in [-0.15, -0.1) is 0 Å². The number of carbonyl (C=O) groups excluding carboxylic acids is 3. The second kappa shape index (κ2) is 18.7. The van der Waals surface area contributed by atoms with Crippen LogP contribution in [0.15, 0.2) is 36.5 Å². The van der Waals surface area contributed by atoms with Crippen LogP contribution in [0.5, 0.6) is 0 Å². The molecule has 28 heavy (non-hydrogen) atoms. The molecule has 0 atom stereocenters. The van der Waals surface area contributed by atoms with Crippen molar-refractivity contribution in [3.05, 3.63) is 36.5 Å². The van der Waals surface area contributed by atoms with Crippen LogP contribution >= 0.6 is 23.5 Å². The summed E-state index contributed by atoms with van der Waals surface area (Å²) in [6, 6.07) is 0. The molecule has 0 aliphatic rings. The van der Waals surface area contributed by atoms with Crippen LogP contribution in [0.25, 0.3) is 0 Å². The molecule has 0 spiro atoms. The van der Waals surface area contributed by atoms with E-state index in [1.165, 1.54) is 0 Å². The molecule has 0 rings (SSSR count). The first-order valence-electron chi connectivity index (χ1n) is 8.76. The molecule has 160 valence electrons. The van der Waals surface area contributed by atoms with E-state index in [1.54, 1.807) is 44.3 Å². The van der Waals surface area contributed by atoms with Crippen LogP contribution < -0.4 is 0 Å². The van der Waals surface area contributed by atoms with Gasteiger partial charge in [0, 0.05) is 34.0 Å². The molecule has 0 saturated heterocycles. The molecule has 8 heteroatoms. The van der Waals surface area contributed by atoms with E-state index in [2.05, 4.69) is 26.7 Å². The van der Waals surface area contributed by atoms with Crippen LogP contribution in [0.4, 0.5) is 0 Å². The second-order valence-corrected chi connectivity index (χ2v) is 8.18. The van der Waals surface area contributed by atoms with Crippen molar-refractivity contribution in [2.45, 2.75) is 27.7 Å². The Morgan fingerprint density at radius 3 is 1.18 bits per heavy atom. The number of ether oxygens (including phenoxy) is 3. The van der Waals surface area contributed by atoms with Crippen LogP contribution in [0.3, 0.4) is 0 Å². The van der Waals surface area contributed by atoms with Gasteiger partial charge in [-0.3, -0.25) is 0 Å². The number of carbonyl (C=O) groups is 3. The molecule has 0 fully saturated rings. The topological polar surface area (TPSA) is 78.9 Å². The summed E-state index contributed by atoms with van der Waals surface area (Å²) in [5.74, 6) is 2.23. The van der Waals surface area contributed by atoms with Gasteiger partial charge in [-0.05, 0) is 26.5 Å². The van der Waals surface area contributed by atoms with E-state index in [1.807, 2.05) is 0 Å². The molecule has 0 aromatic heterocycles. The SMILES string of the molecule is C=C(C)C(=O)OCCSCC.C=C(C)C(=O)OCCSCCOC(=O)C(=C)C. The zero-order chi connectivity index (χ0) is 21.9. The van der Waals surface area contributed by atoms with Crippen molar-refractivity contribution in [2.24, 2.45) is 0 Å². The Morgan fingerprint density at radius 2 is 0.929 bits per heavy atom. The Morgan fingerprint density at radius 1 is 0.643 bits per heavy atom. The molecule has 0 aliphatic carbocycles. The highest BCUT2D eigenvalue weighted by molar-refractivity contribution is 7.99. The van der Waals surface area contributed by atoms with Gasteiger partial charge in [-0.2, -0.15) is 23.5 Å². The molecule has 0 aromatic rings. The zero-order valence-electron chi connectivity index (χ0n) is 17.3. The van der Waals surface area contributed by atoms with Crippen molar-refractivity contribution in [1.82, 2.24) is 0 Å². The lowest BCUT2D eigenvalue weighted by atomic mass is 10.4. The smallest absolute Gasteiger partial charge is 0.333 e. The van der Waals surface area contributed by atoms with Crippen LogP contribution in [0, 0.1) is 0 Å². The summed E-state index contributed by atoms with van der Waals surface area (Å²) < 4.78 is 14.6. The average Bonchev–Trinajstić information content (AvgIpc) is 2.64. The van der Waals surface area contributed by atoms with Gasteiger partial charge in [0.15, 0.2) is 0 Å². The zero-order valence-corrected chi connectivity index (χ0v) is 19.0. The van der Waals surface area contributed by atoms with Crippen molar-refractivity contribution in [3.8, 4) is 0 Å². The quantitative estimate of drug-likeness (QED) is 0.188. The Bertz CT molecular complexity index is 513. The largest absolute Gasteiger partial charge is 0.461 e. The lowest BCUT2D eigenvalue weighted by Crippen LogP contribution is -2.10. The molecule has 0 N–H and O–H groups in total. The lowest BCUT2D eigenvalue weighted by Gasteiger charge is -2.05. The fourth-order valence-electron chi connectivity index (χ4n) is 1.20. The summed E-state index contributed by atoms with van der Waals surface area (Å²) in [4.78, 5) is 32.7. The molecule has 0 radical (unpaired) electrons. The van der Waals surface area contributed by atoms with Crippen LogP contribution in [0.2, 0.25) is 0 Å². The van der Waals surface area contributed by atoms with Gasteiger partial charge in [0.1, 0.15) is 19.8 Å². The monoisotopic (exact) mass is 432 g/mol. The third kappa shape index (κ3) is 19.1. The van der Waals surface area contributed by atoms with Gasteiger partial charge in [-0.25, -0.2) is 14.4 Å². The standard InChI is InChI=1S/C12H18O4S.C8H14O2S/c1-9(2)11(13)15-5-7-17-8-6-16-12(14)10(3)4;1-4-11-6-5-10-8(9)7(2)3/h1,3,5-8H2,2,4H3;2,4-6H2,1,3H3. The maximum Gasteiger partial charge on any atom is 0.333 e. The van der Waals surface area contributed by atoms with Gasteiger partial charge in [0.2, 0.25) is 0 Å². The summed E-state index contributed by atoms with van der Waals surface area (Å²) in [7, 11) is 0. The maximum atomic E-state index is 11.0. The fourth-order valence-corrected chi connectivity index (χ4v) is 2.29. The molecule has 0 amide bonds. The molecule has 0 bridgehead atoms. The van der Waals surface area contributed by atoms with E-state index in [0.717, 1.165) is 11.5 Å². The minimum atomic E-state index is -0.376. The molecular formula is C20H32O6S2. The molecule has 0 aromatic carbocycles.